The molecule has 0 aliphatic rings. The van der Waals surface area contributed by atoms with Gasteiger partial charge >= 0.3 is 5.82 Å². The highest BCUT2D eigenvalue weighted by molar-refractivity contribution is 6.18. The van der Waals surface area contributed by atoms with Gasteiger partial charge in [0.25, 0.3) is 0 Å². The van der Waals surface area contributed by atoms with E-state index in [0.717, 1.165) is 5.56 Å². The third-order valence-electron chi connectivity index (χ3n) is 2.98. The molecule has 1 aromatic carbocycles. The Hall–Kier alpha value is -2.36. The van der Waals surface area contributed by atoms with Crippen LogP contribution in [0.5, 0.6) is 0 Å². The van der Waals surface area contributed by atoms with Gasteiger partial charge in [0.15, 0.2) is 5.82 Å². The van der Waals surface area contributed by atoms with Gasteiger partial charge in [0.05, 0.1) is 5.88 Å². The van der Waals surface area contributed by atoms with Crippen molar-refractivity contribution < 1.29 is 10.0 Å². The van der Waals surface area contributed by atoms with Crippen LogP contribution in [-0.2, 0) is 6.54 Å². The summed E-state index contributed by atoms with van der Waals surface area (Å²) in [6.45, 7) is 1.63. The van der Waals surface area contributed by atoms with Crippen molar-refractivity contribution in [1.29, 1.82) is 0 Å². The van der Waals surface area contributed by atoms with E-state index in [1.54, 1.807) is 19.1 Å². The van der Waals surface area contributed by atoms with Gasteiger partial charge in [-0.05, 0) is 23.0 Å². The van der Waals surface area contributed by atoms with E-state index in [9.17, 15) is 15.2 Å². The summed E-state index contributed by atoms with van der Waals surface area (Å²) in [6, 6.07) is 9.14. The molecule has 0 aliphatic carbocycles. The number of aliphatic hydroxyl groups excluding tert-OH is 1. The van der Waals surface area contributed by atoms with Gasteiger partial charge in [-0.15, -0.1) is 11.6 Å². The Kier molecular flexibility index (Phi) is 5.15. The zero-order chi connectivity index (χ0) is 16.1. The first-order chi connectivity index (χ1) is 10.5. The van der Waals surface area contributed by atoms with Crippen molar-refractivity contribution in [3.8, 4) is 11.8 Å². The molecule has 1 unspecified atom stereocenters. The lowest BCUT2D eigenvalue weighted by molar-refractivity contribution is -0.392. The maximum Gasteiger partial charge on any atom is 0.359 e. The number of halogens is 1. The predicted molar refractivity (Wildman–Crippen MR) is 82.8 cm³/mol. The Morgan fingerprint density at radius 2 is 2.09 bits per heavy atom. The van der Waals surface area contributed by atoms with E-state index in [2.05, 4.69) is 16.8 Å². The fourth-order valence-corrected chi connectivity index (χ4v) is 2.05. The molecule has 1 N–H and O–H groups in total. The van der Waals surface area contributed by atoms with Gasteiger partial charge in [-0.2, -0.15) is 4.98 Å². The maximum absolute atomic E-state index is 11.3. The molecule has 0 spiro atoms. The zero-order valence-corrected chi connectivity index (χ0v) is 12.6. The molecule has 2 aromatic rings. The highest BCUT2D eigenvalue weighted by Gasteiger charge is 2.25. The Morgan fingerprint density at radius 1 is 1.41 bits per heavy atom. The average Bonchev–Trinajstić information content (AvgIpc) is 2.82. The van der Waals surface area contributed by atoms with Crippen LogP contribution in [0.15, 0.2) is 30.3 Å². The molecule has 1 atom stereocenters. The Balaban J connectivity index is 2.43. The first-order valence-electron chi connectivity index (χ1n) is 6.55. The van der Waals surface area contributed by atoms with E-state index < -0.39 is 11.0 Å². The fourth-order valence-electron chi connectivity index (χ4n) is 1.95. The lowest BCUT2D eigenvalue weighted by atomic mass is 10.2. The first-order valence-corrected chi connectivity index (χ1v) is 7.09. The first kappa shape index (κ1) is 16.0. The molecule has 0 saturated heterocycles. The molecule has 1 heterocycles. The summed E-state index contributed by atoms with van der Waals surface area (Å²) < 4.78 is 1.32. The zero-order valence-electron chi connectivity index (χ0n) is 11.9. The Labute approximate surface area is 132 Å². The number of nitro groups is 1. The number of aromatic nitrogens is 2. The number of aryl methyl sites for hydroxylation is 1. The third kappa shape index (κ3) is 3.64. The van der Waals surface area contributed by atoms with Crippen LogP contribution in [0.25, 0.3) is 0 Å². The van der Waals surface area contributed by atoms with E-state index in [1.165, 1.54) is 4.57 Å². The molecule has 0 radical (unpaired) electrons. The number of aliphatic hydroxyl groups is 1. The second kappa shape index (κ2) is 7.07. The lowest BCUT2D eigenvalue weighted by Gasteiger charge is -2.06. The second-order valence-electron chi connectivity index (χ2n) is 4.62. The fraction of sp³-hybridized carbons (Fsp3) is 0.267. The predicted octanol–water partition coefficient (Wildman–Crippen LogP) is 2.10. The van der Waals surface area contributed by atoms with Crippen LogP contribution < -0.4 is 0 Å². The Morgan fingerprint density at radius 3 is 2.68 bits per heavy atom. The van der Waals surface area contributed by atoms with Crippen LogP contribution in [0.4, 0.5) is 5.82 Å². The summed E-state index contributed by atoms with van der Waals surface area (Å²) in [5.41, 5.74) is 0.818. The summed E-state index contributed by atoms with van der Waals surface area (Å²) >= 11 is 5.55. The van der Waals surface area contributed by atoms with Crippen LogP contribution in [0, 0.1) is 28.9 Å². The van der Waals surface area contributed by atoms with Crippen molar-refractivity contribution in [3.63, 3.8) is 0 Å². The molecule has 0 saturated carbocycles. The second-order valence-corrected chi connectivity index (χ2v) is 4.93. The highest BCUT2D eigenvalue weighted by Crippen LogP contribution is 2.20. The monoisotopic (exact) mass is 319 g/mol. The molecule has 1 aromatic heterocycles. The lowest BCUT2D eigenvalue weighted by Crippen LogP contribution is -2.19. The van der Waals surface area contributed by atoms with Crippen molar-refractivity contribution in [2.45, 2.75) is 19.6 Å². The average molecular weight is 320 g/mol. The van der Waals surface area contributed by atoms with Gasteiger partial charge in [-0.25, -0.2) is 4.57 Å². The molecule has 0 aliphatic heterocycles. The summed E-state index contributed by atoms with van der Waals surface area (Å²) in [5.74, 6) is 5.74. The van der Waals surface area contributed by atoms with E-state index >= 15 is 0 Å². The highest BCUT2D eigenvalue weighted by atomic mass is 35.5. The molecule has 114 valence electrons. The van der Waals surface area contributed by atoms with Gasteiger partial charge in [0.2, 0.25) is 5.69 Å². The van der Waals surface area contributed by atoms with E-state index in [1.807, 2.05) is 18.2 Å². The van der Waals surface area contributed by atoms with E-state index in [4.69, 9.17) is 11.6 Å². The van der Waals surface area contributed by atoms with Gasteiger partial charge < -0.3 is 15.2 Å². The molecule has 22 heavy (non-hydrogen) atoms. The van der Waals surface area contributed by atoms with E-state index in [-0.39, 0.29) is 23.9 Å². The summed E-state index contributed by atoms with van der Waals surface area (Å²) in [5, 5.41) is 20.9. The van der Waals surface area contributed by atoms with Crippen molar-refractivity contribution in [3.05, 3.63) is 57.5 Å². The van der Waals surface area contributed by atoms with Crippen molar-refractivity contribution in [1.82, 2.24) is 9.55 Å². The largest absolute Gasteiger partial charge is 0.388 e. The minimum atomic E-state index is -0.886. The smallest absolute Gasteiger partial charge is 0.359 e. The molecule has 0 amide bonds. The number of nitrogens with zero attached hydrogens (tertiary/aromatic N) is 3. The maximum atomic E-state index is 11.3. The number of alkyl halides is 1. The van der Waals surface area contributed by atoms with Gasteiger partial charge in [0.1, 0.15) is 12.6 Å². The summed E-state index contributed by atoms with van der Waals surface area (Å²) in [4.78, 5) is 14.9. The molecular weight excluding hydrogens is 306 g/mol. The summed E-state index contributed by atoms with van der Waals surface area (Å²) in [6.07, 6.45) is -0.886. The van der Waals surface area contributed by atoms with Crippen LogP contribution in [0.2, 0.25) is 0 Å². The quantitative estimate of drug-likeness (QED) is 0.405. The van der Waals surface area contributed by atoms with Crippen molar-refractivity contribution in [2.75, 3.05) is 5.88 Å². The molecule has 6 nitrogen and oxygen atoms in total. The van der Waals surface area contributed by atoms with Gasteiger partial charge in [0, 0.05) is 12.5 Å². The number of benzene rings is 1. The number of hydrogen-bond acceptors (Lipinski definition) is 4. The van der Waals surface area contributed by atoms with Crippen LogP contribution in [0.1, 0.15) is 17.1 Å². The van der Waals surface area contributed by atoms with Crippen molar-refractivity contribution in [2.24, 2.45) is 0 Å². The number of imidazole rings is 1. The minimum absolute atomic E-state index is 0.00562. The van der Waals surface area contributed by atoms with Gasteiger partial charge in [-0.3, -0.25) is 0 Å². The molecule has 2 rings (SSSR count). The van der Waals surface area contributed by atoms with Crippen molar-refractivity contribution >= 4 is 17.4 Å². The summed E-state index contributed by atoms with van der Waals surface area (Å²) in [7, 11) is 0. The molecule has 7 heteroatoms. The number of rotatable bonds is 4. The third-order valence-corrected chi connectivity index (χ3v) is 3.33. The SMILES string of the molecule is Cc1nc(C#Cc2ccccc2)c([N+](=O)[O-])n1CC(O)CCl. The molecular formula is C15H14ClN3O3. The van der Waals surface area contributed by atoms with Crippen LogP contribution >= 0.6 is 11.6 Å². The minimum Gasteiger partial charge on any atom is -0.388 e. The molecule has 0 bridgehead atoms. The standard InChI is InChI=1S/C15H14ClN3O3/c1-11-17-14(8-7-12-5-3-2-4-6-12)15(19(21)22)18(11)10-13(20)9-16/h2-6,13,20H,9-10H2,1H3. The van der Waals surface area contributed by atoms with Crippen LogP contribution in [-0.4, -0.2) is 31.6 Å². The normalized spacial score (nSPS) is 11.6. The number of hydrogen-bond donors (Lipinski definition) is 1. The van der Waals surface area contributed by atoms with E-state index in [0.29, 0.717) is 5.82 Å². The Bertz CT molecular complexity index is 732. The molecule has 0 fully saturated rings. The van der Waals surface area contributed by atoms with Crippen LogP contribution in [0.3, 0.4) is 0 Å². The van der Waals surface area contributed by atoms with Gasteiger partial charge in [-0.1, -0.05) is 24.1 Å². The topological polar surface area (TPSA) is 81.2 Å².